The minimum absolute atomic E-state index is 0.0877. The number of hydrogen-bond donors (Lipinski definition) is 0. The topological polar surface area (TPSA) is 90.6 Å². The molecule has 0 N–H and O–H groups in total. The zero-order valence-electron chi connectivity index (χ0n) is 18.9. The molecule has 0 spiro atoms. The van der Waals surface area contributed by atoms with Gasteiger partial charge in [0.15, 0.2) is 17.3 Å². The fraction of sp³-hybridized carbons (Fsp3) is 0.417. The highest BCUT2D eigenvalue weighted by Gasteiger charge is 2.29. The summed E-state index contributed by atoms with van der Waals surface area (Å²) >= 11 is 0. The number of hydrogen-bond acceptors (Lipinski definition) is 7. The van der Waals surface area contributed by atoms with Gasteiger partial charge in [-0.05, 0) is 44.4 Å². The Labute approximate surface area is 187 Å². The van der Waals surface area contributed by atoms with Crippen molar-refractivity contribution in [1.82, 2.24) is 20.0 Å². The first-order valence-electron chi connectivity index (χ1n) is 10.7. The molecule has 1 aromatic carbocycles. The van der Waals surface area contributed by atoms with Crippen LogP contribution in [0.1, 0.15) is 41.5 Å². The lowest BCUT2D eigenvalue weighted by Gasteiger charge is -2.33. The van der Waals surface area contributed by atoms with Crippen molar-refractivity contribution in [2.75, 3.05) is 27.3 Å². The Bertz CT molecular complexity index is 1110. The lowest BCUT2D eigenvalue weighted by molar-refractivity contribution is -0.131. The fourth-order valence-corrected chi connectivity index (χ4v) is 4.18. The smallest absolute Gasteiger partial charge is 0.227 e. The van der Waals surface area contributed by atoms with Crippen LogP contribution in [0.25, 0.3) is 11.3 Å². The van der Waals surface area contributed by atoms with Gasteiger partial charge in [-0.25, -0.2) is 9.97 Å². The maximum Gasteiger partial charge on any atom is 0.227 e. The van der Waals surface area contributed by atoms with Crippen LogP contribution < -0.4 is 9.47 Å². The van der Waals surface area contributed by atoms with E-state index in [-0.39, 0.29) is 11.8 Å². The number of aromatic nitrogens is 3. The SMILES string of the molecule is COc1ccc(CC(=O)N2CCCC(c3nc(C)ncc3-c3cc(C)no3)C2)cc1OC. The Morgan fingerprint density at radius 2 is 2.00 bits per heavy atom. The summed E-state index contributed by atoms with van der Waals surface area (Å²) in [7, 11) is 3.19. The van der Waals surface area contributed by atoms with Gasteiger partial charge < -0.3 is 18.9 Å². The average Bonchev–Trinajstić information content (AvgIpc) is 3.25. The van der Waals surface area contributed by atoms with Crippen molar-refractivity contribution in [2.24, 2.45) is 0 Å². The van der Waals surface area contributed by atoms with E-state index in [1.165, 1.54) is 0 Å². The third-order valence-electron chi connectivity index (χ3n) is 5.80. The summed E-state index contributed by atoms with van der Waals surface area (Å²) in [5.41, 5.74) is 3.46. The number of amides is 1. The normalized spacial score (nSPS) is 16.1. The summed E-state index contributed by atoms with van der Waals surface area (Å²) in [6, 6.07) is 7.48. The van der Waals surface area contributed by atoms with Gasteiger partial charge >= 0.3 is 0 Å². The highest BCUT2D eigenvalue weighted by Crippen LogP contribution is 2.34. The maximum absolute atomic E-state index is 13.1. The molecule has 8 nitrogen and oxygen atoms in total. The van der Waals surface area contributed by atoms with Crippen LogP contribution in [0, 0.1) is 13.8 Å². The summed E-state index contributed by atoms with van der Waals surface area (Å²) in [6.07, 6.45) is 3.98. The van der Waals surface area contributed by atoms with Crippen LogP contribution in [-0.4, -0.2) is 53.2 Å². The Hall–Kier alpha value is -3.42. The van der Waals surface area contributed by atoms with Gasteiger partial charge in [0, 0.05) is 31.3 Å². The van der Waals surface area contributed by atoms with E-state index in [0.29, 0.717) is 36.0 Å². The Kier molecular flexibility index (Phi) is 6.39. The zero-order chi connectivity index (χ0) is 22.7. The van der Waals surface area contributed by atoms with Crippen LogP contribution in [-0.2, 0) is 11.2 Å². The fourth-order valence-electron chi connectivity index (χ4n) is 4.18. The molecule has 1 aliphatic heterocycles. The molecular weight excluding hydrogens is 408 g/mol. The van der Waals surface area contributed by atoms with Crippen LogP contribution in [0.4, 0.5) is 0 Å². The van der Waals surface area contributed by atoms with Crippen LogP contribution in [0.15, 0.2) is 35.0 Å². The third-order valence-corrected chi connectivity index (χ3v) is 5.80. The van der Waals surface area contributed by atoms with E-state index in [4.69, 9.17) is 19.0 Å². The molecule has 1 unspecified atom stereocenters. The molecule has 1 saturated heterocycles. The molecule has 0 radical (unpaired) electrons. The Morgan fingerprint density at radius 3 is 2.72 bits per heavy atom. The second kappa shape index (κ2) is 9.38. The molecule has 8 heteroatoms. The monoisotopic (exact) mass is 436 g/mol. The van der Waals surface area contributed by atoms with Crippen molar-refractivity contribution < 1.29 is 18.8 Å². The summed E-state index contributed by atoms with van der Waals surface area (Å²) in [4.78, 5) is 24.1. The number of rotatable bonds is 6. The number of likely N-dealkylation sites (tertiary alicyclic amines) is 1. The largest absolute Gasteiger partial charge is 0.493 e. The second-order valence-electron chi connectivity index (χ2n) is 8.09. The molecular formula is C24H28N4O4. The van der Waals surface area contributed by atoms with E-state index >= 15 is 0 Å². The van der Waals surface area contributed by atoms with Crippen LogP contribution in [0.5, 0.6) is 11.5 Å². The molecule has 0 aliphatic carbocycles. The Balaban J connectivity index is 1.53. The third kappa shape index (κ3) is 4.59. The molecule has 3 aromatic rings. The number of carbonyl (C=O) groups excluding carboxylic acids is 1. The van der Waals surface area contributed by atoms with Crippen molar-refractivity contribution in [3.8, 4) is 22.8 Å². The van der Waals surface area contributed by atoms with E-state index in [0.717, 1.165) is 41.9 Å². The molecule has 0 saturated carbocycles. The highest BCUT2D eigenvalue weighted by atomic mass is 16.5. The molecule has 32 heavy (non-hydrogen) atoms. The first-order valence-corrected chi connectivity index (χ1v) is 10.7. The number of nitrogens with zero attached hydrogens (tertiary/aromatic N) is 4. The van der Waals surface area contributed by atoms with E-state index in [2.05, 4.69) is 10.1 Å². The van der Waals surface area contributed by atoms with Gasteiger partial charge in [0.05, 0.1) is 37.6 Å². The van der Waals surface area contributed by atoms with Gasteiger partial charge in [-0.15, -0.1) is 0 Å². The molecule has 3 heterocycles. The van der Waals surface area contributed by atoms with Gasteiger partial charge in [-0.3, -0.25) is 4.79 Å². The first-order chi connectivity index (χ1) is 15.5. The molecule has 4 rings (SSSR count). The van der Waals surface area contributed by atoms with Gasteiger partial charge in [-0.2, -0.15) is 0 Å². The minimum Gasteiger partial charge on any atom is -0.493 e. The standard InChI is InChI=1S/C24H28N4O4/c1-15-10-21(32-27-15)19-13-25-16(2)26-24(19)18-6-5-9-28(14-18)23(29)12-17-7-8-20(30-3)22(11-17)31-4/h7-8,10-11,13,18H,5-6,9,12,14H2,1-4H3. The number of carbonyl (C=O) groups is 1. The summed E-state index contributed by atoms with van der Waals surface area (Å²) in [5, 5.41) is 4.00. The minimum atomic E-state index is 0.0877. The van der Waals surface area contributed by atoms with Crippen molar-refractivity contribution in [2.45, 2.75) is 39.0 Å². The first kappa shape index (κ1) is 21.8. The lowest BCUT2D eigenvalue weighted by atomic mass is 9.91. The van der Waals surface area contributed by atoms with E-state index in [1.807, 2.05) is 43.0 Å². The molecule has 0 bridgehead atoms. The van der Waals surface area contributed by atoms with Crippen LogP contribution in [0.2, 0.25) is 0 Å². The van der Waals surface area contributed by atoms with Crippen molar-refractivity contribution in [3.05, 3.63) is 53.2 Å². The Morgan fingerprint density at radius 1 is 1.19 bits per heavy atom. The molecule has 1 fully saturated rings. The van der Waals surface area contributed by atoms with Crippen LogP contribution >= 0.6 is 0 Å². The molecule has 1 atom stereocenters. The van der Waals surface area contributed by atoms with Gasteiger partial charge in [0.25, 0.3) is 0 Å². The number of aryl methyl sites for hydroxylation is 2. The molecule has 2 aromatic heterocycles. The van der Waals surface area contributed by atoms with Gasteiger partial charge in [-0.1, -0.05) is 11.2 Å². The van der Waals surface area contributed by atoms with Crippen molar-refractivity contribution in [1.29, 1.82) is 0 Å². The second-order valence-corrected chi connectivity index (χ2v) is 8.09. The van der Waals surface area contributed by atoms with Crippen LogP contribution in [0.3, 0.4) is 0 Å². The van der Waals surface area contributed by atoms with E-state index in [9.17, 15) is 4.79 Å². The number of benzene rings is 1. The summed E-state index contributed by atoms with van der Waals surface area (Å²) < 4.78 is 16.1. The van der Waals surface area contributed by atoms with Gasteiger partial charge in [0.2, 0.25) is 5.91 Å². The highest BCUT2D eigenvalue weighted by molar-refractivity contribution is 5.79. The van der Waals surface area contributed by atoms with Crippen molar-refractivity contribution >= 4 is 5.91 Å². The maximum atomic E-state index is 13.1. The van der Waals surface area contributed by atoms with Crippen molar-refractivity contribution in [3.63, 3.8) is 0 Å². The number of methoxy groups -OCH3 is 2. The summed E-state index contributed by atoms with van der Waals surface area (Å²) in [6.45, 7) is 5.12. The van der Waals surface area contributed by atoms with E-state index < -0.39 is 0 Å². The number of ether oxygens (including phenoxy) is 2. The summed E-state index contributed by atoms with van der Waals surface area (Å²) in [5.74, 6) is 2.83. The molecule has 1 aliphatic rings. The predicted octanol–water partition coefficient (Wildman–Crippen LogP) is 3.71. The zero-order valence-corrected chi connectivity index (χ0v) is 18.9. The quantitative estimate of drug-likeness (QED) is 0.582. The average molecular weight is 437 g/mol. The predicted molar refractivity (Wildman–Crippen MR) is 119 cm³/mol. The lowest BCUT2D eigenvalue weighted by Crippen LogP contribution is -2.40. The van der Waals surface area contributed by atoms with E-state index in [1.54, 1.807) is 20.4 Å². The molecule has 168 valence electrons. The molecule has 1 amide bonds. The van der Waals surface area contributed by atoms with Gasteiger partial charge in [0.1, 0.15) is 5.82 Å². The number of piperidine rings is 1.